The maximum atomic E-state index is 13.3. The van der Waals surface area contributed by atoms with Crippen molar-refractivity contribution in [2.24, 2.45) is 0 Å². The lowest BCUT2D eigenvalue weighted by atomic mass is 9.92. The van der Waals surface area contributed by atoms with Gasteiger partial charge in [-0.05, 0) is 38.7 Å². The number of halogens is 2. The quantitative estimate of drug-likeness (QED) is 0.542. The van der Waals surface area contributed by atoms with Crippen LogP contribution in [-0.4, -0.2) is 58.7 Å². The smallest absolute Gasteiger partial charge is 0.291 e. The predicted octanol–water partition coefficient (Wildman–Crippen LogP) is 2.56. The summed E-state index contributed by atoms with van der Waals surface area (Å²) in [4.78, 5) is 6.79. The number of pyridine rings is 1. The summed E-state index contributed by atoms with van der Waals surface area (Å²) in [6.45, 7) is 3.48. The van der Waals surface area contributed by atoms with E-state index >= 15 is 0 Å². The van der Waals surface area contributed by atoms with Gasteiger partial charge in [-0.3, -0.25) is 4.40 Å². The zero-order chi connectivity index (χ0) is 23.0. The summed E-state index contributed by atoms with van der Waals surface area (Å²) < 4.78 is 57.2. The summed E-state index contributed by atoms with van der Waals surface area (Å²) in [7, 11) is -3.80. The van der Waals surface area contributed by atoms with Gasteiger partial charge in [0.15, 0.2) is 15.8 Å². The number of piperidine rings is 2. The molecule has 2 unspecified atom stereocenters. The van der Waals surface area contributed by atoms with Gasteiger partial charge in [0.2, 0.25) is 10.0 Å². The Kier molecular flexibility index (Phi) is 4.77. The van der Waals surface area contributed by atoms with E-state index in [9.17, 15) is 17.2 Å². The van der Waals surface area contributed by atoms with Crippen molar-refractivity contribution in [2.75, 3.05) is 18.0 Å². The SMILES string of the molecule is CC1(NS(=O)(=O)c2cc(N3CC4CCC3CN4)c3cnc(-c4nnc(C(F)F)s4)n3c2)CC1. The van der Waals surface area contributed by atoms with E-state index in [1.165, 1.54) is 6.20 Å². The van der Waals surface area contributed by atoms with Crippen LogP contribution in [0.2, 0.25) is 0 Å². The fourth-order valence-electron chi connectivity index (χ4n) is 4.68. The number of hydrogen-bond donors (Lipinski definition) is 2. The molecule has 7 rings (SSSR count). The average Bonchev–Trinajstić information content (AvgIpc) is 3.19. The number of nitrogens with one attached hydrogen (secondary N) is 2. The molecule has 0 spiro atoms. The first-order valence-electron chi connectivity index (χ1n) is 10.9. The second-order valence-electron chi connectivity index (χ2n) is 9.30. The molecule has 13 heteroatoms. The van der Waals surface area contributed by atoms with Crippen LogP contribution in [-0.2, 0) is 10.0 Å². The Bertz CT molecular complexity index is 1330. The number of imidazole rings is 1. The van der Waals surface area contributed by atoms with E-state index in [1.54, 1.807) is 16.7 Å². The van der Waals surface area contributed by atoms with Gasteiger partial charge < -0.3 is 10.2 Å². The van der Waals surface area contributed by atoms with Crippen molar-refractivity contribution in [1.82, 2.24) is 29.6 Å². The lowest BCUT2D eigenvalue weighted by molar-refractivity contribution is 0.150. The normalized spacial score (nSPS) is 24.2. The zero-order valence-corrected chi connectivity index (χ0v) is 19.5. The van der Waals surface area contributed by atoms with E-state index in [2.05, 4.69) is 30.1 Å². The van der Waals surface area contributed by atoms with Crippen LogP contribution in [0.3, 0.4) is 0 Å². The molecule has 0 amide bonds. The second-order valence-corrected chi connectivity index (χ2v) is 12.0. The molecule has 0 aromatic carbocycles. The average molecular weight is 496 g/mol. The number of rotatable bonds is 6. The van der Waals surface area contributed by atoms with E-state index in [0.717, 1.165) is 55.8 Å². The molecule has 3 aliphatic heterocycles. The van der Waals surface area contributed by atoms with Crippen molar-refractivity contribution in [2.45, 2.75) is 61.6 Å². The molecule has 9 nitrogen and oxygen atoms in total. The molecule has 1 aliphatic carbocycles. The van der Waals surface area contributed by atoms with Crippen LogP contribution in [0.25, 0.3) is 16.3 Å². The van der Waals surface area contributed by atoms with E-state index in [1.807, 2.05) is 6.92 Å². The van der Waals surface area contributed by atoms with Crippen LogP contribution in [0.15, 0.2) is 23.4 Å². The summed E-state index contributed by atoms with van der Waals surface area (Å²) in [6.07, 6.45) is 4.11. The van der Waals surface area contributed by atoms with Gasteiger partial charge in [0.05, 0.1) is 17.4 Å². The van der Waals surface area contributed by atoms with Gasteiger partial charge in [0.1, 0.15) is 4.90 Å². The molecule has 2 N–H and O–H groups in total. The number of alkyl halides is 2. The van der Waals surface area contributed by atoms with Crippen molar-refractivity contribution >= 4 is 32.6 Å². The topological polar surface area (TPSA) is 105 Å². The van der Waals surface area contributed by atoms with Crippen LogP contribution in [0, 0.1) is 0 Å². The first kappa shape index (κ1) is 21.3. The Morgan fingerprint density at radius 1 is 1.30 bits per heavy atom. The number of sulfonamides is 1. The Morgan fingerprint density at radius 3 is 2.73 bits per heavy atom. The van der Waals surface area contributed by atoms with Crippen LogP contribution >= 0.6 is 11.3 Å². The highest BCUT2D eigenvalue weighted by atomic mass is 32.2. The fraction of sp³-hybridized carbons (Fsp3) is 0.550. The molecule has 3 aromatic rings. The minimum absolute atomic E-state index is 0.116. The van der Waals surface area contributed by atoms with Gasteiger partial charge in [0.25, 0.3) is 6.43 Å². The van der Waals surface area contributed by atoms with Crippen LogP contribution < -0.4 is 14.9 Å². The van der Waals surface area contributed by atoms with Gasteiger partial charge in [-0.25, -0.2) is 26.9 Å². The van der Waals surface area contributed by atoms with Crippen LogP contribution in [0.1, 0.15) is 44.0 Å². The predicted molar refractivity (Wildman–Crippen MR) is 119 cm³/mol. The molecule has 0 radical (unpaired) electrons. The first-order chi connectivity index (χ1) is 15.7. The van der Waals surface area contributed by atoms with Crippen molar-refractivity contribution in [3.8, 4) is 10.8 Å². The number of piperazine rings is 1. The molecular weight excluding hydrogens is 472 g/mol. The van der Waals surface area contributed by atoms with E-state index in [-0.39, 0.29) is 15.9 Å². The second kappa shape index (κ2) is 7.39. The molecule has 176 valence electrons. The first-order valence-corrected chi connectivity index (χ1v) is 13.2. The maximum Gasteiger partial charge on any atom is 0.291 e. The van der Waals surface area contributed by atoms with Gasteiger partial charge in [0, 0.05) is 36.9 Å². The molecule has 1 saturated carbocycles. The molecule has 4 aliphatic rings. The van der Waals surface area contributed by atoms with Gasteiger partial charge in [-0.15, -0.1) is 10.2 Å². The zero-order valence-electron chi connectivity index (χ0n) is 17.8. The molecule has 3 aromatic heterocycles. The van der Waals surface area contributed by atoms with Crippen molar-refractivity contribution < 1.29 is 17.2 Å². The highest BCUT2D eigenvalue weighted by molar-refractivity contribution is 7.89. The number of fused-ring (bicyclic) bond motifs is 4. The highest BCUT2D eigenvalue weighted by Crippen LogP contribution is 2.39. The monoisotopic (exact) mass is 495 g/mol. The Labute approximate surface area is 193 Å². The van der Waals surface area contributed by atoms with Crippen molar-refractivity contribution in [3.05, 3.63) is 23.5 Å². The summed E-state index contributed by atoms with van der Waals surface area (Å²) >= 11 is 0.756. The lowest BCUT2D eigenvalue weighted by Gasteiger charge is -2.47. The van der Waals surface area contributed by atoms with Gasteiger partial charge in [-0.1, -0.05) is 11.3 Å². The molecule has 2 atom stereocenters. The van der Waals surface area contributed by atoms with E-state index in [4.69, 9.17) is 0 Å². The molecule has 33 heavy (non-hydrogen) atoms. The Balaban J connectivity index is 1.51. The number of nitrogens with zero attached hydrogens (tertiary/aromatic N) is 5. The number of aromatic nitrogens is 4. The van der Waals surface area contributed by atoms with E-state index < -0.39 is 27.0 Å². The molecule has 3 saturated heterocycles. The fourth-order valence-corrected chi connectivity index (χ4v) is 6.85. The van der Waals surface area contributed by atoms with Crippen LogP contribution in [0.4, 0.5) is 14.5 Å². The lowest BCUT2D eigenvalue weighted by Crippen LogP contribution is -2.61. The largest absolute Gasteiger partial charge is 0.364 e. The minimum atomic E-state index is -3.80. The Morgan fingerprint density at radius 2 is 2.12 bits per heavy atom. The third-order valence-corrected chi connectivity index (χ3v) is 9.29. The minimum Gasteiger partial charge on any atom is -0.364 e. The van der Waals surface area contributed by atoms with Crippen LogP contribution in [0.5, 0.6) is 0 Å². The van der Waals surface area contributed by atoms with E-state index in [0.29, 0.717) is 17.4 Å². The molecule has 2 bridgehead atoms. The summed E-state index contributed by atoms with van der Waals surface area (Å²) in [5, 5.41) is 10.8. The maximum absolute atomic E-state index is 13.3. The molecular formula is C20H23F2N7O2S2. The standard InChI is InChI=1S/C20H23F2N7O2S2/c1-20(4-5-20)27-33(30,31)13-6-14(28-9-11-2-3-12(28)7-23-11)15-8-24-17(29(15)10-13)19-26-25-18(32-19)16(21)22/h6,8,10-12,16,23,27H,2-5,7,9H2,1H3. The third-order valence-electron chi connectivity index (χ3n) is 6.76. The highest BCUT2D eigenvalue weighted by Gasteiger charge is 2.42. The Hall–Kier alpha value is -2.22. The molecule has 6 heterocycles. The molecule has 4 fully saturated rings. The van der Waals surface area contributed by atoms with Gasteiger partial charge in [-0.2, -0.15) is 0 Å². The number of hydrogen-bond acceptors (Lipinski definition) is 8. The summed E-state index contributed by atoms with van der Waals surface area (Å²) in [5.41, 5.74) is 1.06. The van der Waals surface area contributed by atoms with Crippen molar-refractivity contribution in [3.63, 3.8) is 0 Å². The number of anilines is 1. The summed E-state index contributed by atoms with van der Waals surface area (Å²) in [6, 6.07) is 2.30. The third kappa shape index (κ3) is 3.70. The van der Waals surface area contributed by atoms with Crippen molar-refractivity contribution in [1.29, 1.82) is 0 Å². The summed E-state index contributed by atoms with van der Waals surface area (Å²) in [5.74, 6) is 0.297. The van der Waals surface area contributed by atoms with Gasteiger partial charge >= 0.3 is 0 Å².